The molecule has 2 atom stereocenters. The third-order valence-corrected chi connectivity index (χ3v) is 7.22. The topological polar surface area (TPSA) is 56.5 Å². The van der Waals surface area contributed by atoms with Gasteiger partial charge in [-0.05, 0) is 34.4 Å². The highest BCUT2D eigenvalue weighted by molar-refractivity contribution is 9.10. The van der Waals surface area contributed by atoms with Crippen LogP contribution in [-0.4, -0.2) is 35.7 Å². The van der Waals surface area contributed by atoms with Crippen molar-refractivity contribution in [1.29, 1.82) is 5.26 Å². The van der Waals surface area contributed by atoms with Crippen LogP contribution in [0.1, 0.15) is 28.4 Å². The molecule has 4 aromatic carbocycles. The fourth-order valence-electron chi connectivity index (χ4n) is 4.83. The van der Waals surface area contributed by atoms with Crippen molar-refractivity contribution >= 4 is 15.9 Å². The highest BCUT2D eigenvalue weighted by atomic mass is 79.9. The number of hydrogen-bond donors (Lipinski definition) is 1. The van der Waals surface area contributed by atoms with Gasteiger partial charge in [0.25, 0.3) is 0 Å². The molecule has 1 N–H and O–H groups in total. The van der Waals surface area contributed by atoms with Gasteiger partial charge in [0, 0.05) is 11.0 Å². The zero-order valence-corrected chi connectivity index (χ0v) is 22.7. The predicted molar refractivity (Wildman–Crippen MR) is 155 cm³/mol. The van der Waals surface area contributed by atoms with E-state index in [1.807, 2.05) is 83.8 Å². The van der Waals surface area contributed by atoms with E-state index in [0.717, 1.165) is 26.7 Å². The van der Waals surface area contributed by atoms with Crippen molar-refractivity contribution in [3.63, 3.8) is 0 Å². The summed E-state index contributed by atoms with van der Waals surface area (Å²) in [6, 6.07) is 39.7. The summed E-state index contributed by atoms with van der Waals surface area (Å²) in [4.78, 5) is 1.91. The molecule has 0 saturated heterocycles. The largest absolute Gasteiger partial charge is 0.387 e. The molecule has 0 saturated carbocycles. The Balaban J connectivity index is 1.83. The average molecular weight is 568 g/mol. The maximum atomic E-state index is 11.6. The normalized spacial score (nSPS) is 13.0. The van der Waals surface area contributed by atoms with E-state index >= 15 is 0 Å². The third kappa shape index (κ3) is 6.12. The molecule has 5 heteroatoms. The number of aliphatic hydroxyl groups is 1. The number of ether oxygens (including phenoxy) is 1. The van der Waals surface area contributed by atoms with Gasteiger partial charge in [0.2, 0.25) is 0 Å². The molecule has 4 nitrogen and oxygen atoms in total. The molecule has 0 fully saturated rings. The second kappa shape index (κ2) is 13.3. The fourth-order valence-corrected chi connectivity index (χ4v) is 5.10. The molecular formula is C33H31BrN2O2. The molecule has 0 spiro atoms. The number of aliphatic hydroxyl groups excluding tert-OH is 1. The monoisotopic (exact) mass is 566 g/mol. The van der Waals surface area contributed by atoms with Gasteiger partial charge in [-0.25, -0.2) is 0 Å². The van der Waals surface area contributed by atoms with Crippen LogP contribution in [0.3, 0.4) is 0 Å². The van der Waals surface area contributed by atoms with E-state index in [0.29, 0.717) is 6.54 Å². The van der Waals surface area contributed by atoms with Crippen LogP contribution in [0.4, 0.5) is 0 Å². The second-order valence-corrected chi connectivity index (χ2v) is 9.95. The Morgan fingerprint density at radius 1 is 0.842 bits per heavy atom. The zero-order valence-electron chi connectivity index (χ0n) is 21.2. The van der Waals surface area contributed by atoms with Gasteiger partial charge >= 0.3 is 0 Å². The molecule has 0 bridgehead atoms. The van der Waals surface area contributed by atoms with E-state index < -0.39 is 17.7 Å². The lowest BCUT2D eigenvalue weighted by atomic mass is 9.80. The smallest absolute Gasteiger partial charge is 0.143 e. The highest BCUT2D eigenvalue weighted by Gasteiger charge is 2.39. The Labute approximate surface area is 233 Å². The Hall–Kier alpha value is -3.53. The Bertz CT molecular complexity index is 1230. The molecule has 0 aliphatic rings. The Morgan fingerprint density at radius 2 is 1.32 bits per heavy atom. The van der Waals surface area contributed by atoms with Crippen molar-refractivity contribution < 1.29 is 9.84 Å². The van der Waals surface area contributed by atoms with Gasteiger partial charge in [-0.15, -0.1) is 6.58 Å². The summed E-state index contributed by atoms with van der Waals surface area (Å²) in [7, 11) is 0. The minimum atomic E-state index is -0.937. The summed E-state index contributed by atoms with van der Waals surface area (Å²) in [5, 5.41) is 21.2. The van der Waals surface area contributed by atoms with Crippen molar-refractivity contribution in [2.45, 2.75) is 17.7 Å². The third-order valence-electron chi connectivity index (χ3n) is 6.69. The summed E-state index contributed by atoms with van der Waals surface area (Å²) < 4.78 is 7.96. The summed E-state index contributed by atoms with van der Waals surface area (Å²) in [5.41, 5.74) is 2.74. The molecule has 0 aliphatic carbocycles. The van der Waals surface area contributed by atoms with Gasteiger partial charge in [-0.2, -0.15) is 5.26 Å². The first-order valence-corrected chi connectivity index (χ1v) is 13.4. The second-order valence-electron chi connectivity index (χ2n) is 9.03. The minimum absolute atomic E-state index is 0.128. The lowest BCUT2D eigenvalue weighted by Crippen LogP contribution is -2.46. The van der Waals surface area contributed by atoms with Gasteiger partial charge < -0.3 is 9.84 Å². The first-order valence-electron chi connectivity index (χ1n) is 12.6. The van der Waals surface area contributed by atoms with Crippen LogP contribution in [0.5, 0.6) is 0 Å². The van der Waals surface area contributed by atoms with Crippen molar-refractivity contribution in [3.05, 3.63) is 155 Å². The van der Waals surface area contributed by atoms with Crippen LogP contribution < -0.4 is 0 Å². The summed E-state index contributed by atoms with van der Waals surface area (Å²) >= 11 is 3.47. The first-order chi connectivity index (χ1) is 18.6. The molecule has 0 aliphatic heterocycles. The predicted octanol–water partition coefficient (Wildman–Crippen LogP) is 6.87. The van der Waals surface area contributed by atoms with E-state index in [1.54, 1.807) is 6.08 Å². The molecule has 0 amide bonds. The van der Waals surface area contributed by atoms with E-state index in [2.05, 4.69) is 65.0 Å². The quantitative estimate of drug-likeness (QED) is 0.115. The number of hydrogen-bond acceptors (Lipinski definition) is 4. The molecular weight excluding hydrogens is 536 g/mol. The number of nitriles is 1. The standard InChI is InChI=1S/C33H31BrN2O2/c1-2-23-36(24-22-35)31(32(37)26-18-20-30(34)21-19-26)25-38-33(27-12-6-3-7-13-27,28-14-8-4-9-15-28)29-16-10-5-11-17-29/h2-21,31-32,37H,1,23-25H2/t31-,32-/m1/s1. The number of rotatable bonds is 12. The fraction of sp³-hybridized carbons (Fsp3) is 0.182. The number of halogens is 1. The van der Waals surface area contributed by atoms with Gasteiger partial charge in [-0.1, -0.05) is 125 Å². The first kappa shape index (κ1) is 27.5. The summed E-state index contributed by atoms with van der Waals surface area (Å²) in [6.07, 6.45) is 0.855. The van der Waals surface area contributed by atoms with Crippen LogP contribution in [0.2, 0.25) is 0 Å². The van der Waals surface area contributed by atoms with Crippen LogP contribution in [0.15, 0.2) is 132 Å². The van der Waals surface area contributed by atoms with Gasteiger partial charge in [0.15, 0.2) is 0 Å². The summed E-state index contributed by atoms with van der Waals surface area (Å²) in [6.45, 7) is 4.60. The van der Waals surface area contributed by atoms with Gasteiger partial charge in [-0.3, -0.25) is 4.90 Å². The average Bonchev–Trinajstić information content (AvgIpc) is 2.97. The van der Waals surface area contributed by atoms with E-state index in [-0.39, 0.29) is 13.2 Å². The number of nitrogens with zero attached hydrogens (tertiary/aromatic N) is 2. The van der Waals surface area contributed by atoms with Gasteiger partial charge in [0.1, 0.15) is 5.60 Å². The van der Waals surface area contributed by atoms with Gasteiger partial charge in [0.05, 0.1) is 31.4 Å². The maximum Gasteiger partial charge on any atom is 0.143 e. The van der Waals surface area contributed by atoms with Crippen molar-refractivity contribution in [3.8, 4) is 6.07 Å². The lowest BCUT2D eigenvalue weighted by molar-refractivity contribution is -0.0538. The van der Waals surface area contributed by atoms with Crippen molar-refractivity contribution in [2.75, 3.05) is 19.7 Å². The Morgan fingerprint density at radius 3 is 1.74 bits per heavy atom. The van der Waals surface area contributed by atoms with E-state index in [4.69, 9.17) is 4.74 Å². The molecule has 192 valence electrons. The molecule has 4 aromatic rings. The Kier molecular flexibility index (Phi) is 9.64. The maximum absolute atomic E-state index is 11.6. The minimum Gasteiger partial charge on any atom is -0.387 e. The molecule has 4 rings (SSSR count). The highest BCUT2D eigenvalue weighted by Crippen LogP contribution is 2.41. The summed E-state index contributed by atoms with van der Waals surface area (Å²) in [5.74, 6) is 0. The molecule has 0 unspecified atom stereocenters. The number of benzene rings is 4. The molecule has 0 heterocycles. The van der Waals surface area contributed by atoms with E-state index in [9.17, 15) is 10.4 Å². The van der Waals surface area contributed by atoms with Crippen molar-refractivity contribution in [1.82, 2.24) is 4.90 Å². The molecule has 0 aromatic heterocycles. The van der Waals surface area contributed by atoms with Crippen molar-refractivity contribution in [2.24, 2.45) is 0 Å². The van der Waals surface area contributed by atoms with Crippen LogP contribution in [0, 0.1) is 11.3 Å². The molecule has 0 radical (unpaired) electrons. The molecule has 38 heavy (non-hydrogen) atoms. The van der Waals surface area contributed by atoms with Crippen LogP contribution in [-0.2, 0) is 10.3 Å². The van der Waals surface area contributed by atoms with Crippen LogP contribution >= 0.6 is 15.9 Å². The van der Waals surface area contributed by atoms with E-state index in [1.165, 1.54) is 0 Å². The SMILES string of the molecule is C=CCN(CC#N)[C@H](COC(c1ccccc1)(c1ccccc1)c1ccccc1)[C@H](O)c1ccc(Br)cc1. The zero-order chi connectivity index (χ0) is 26.8. The lowest BCUT2D eigenvalue weighted by Gasteiger charge is -2.40. The van der Waals surface area contributed by atoms with Crippen LogP contribution in [0.25, 0.3) is 0 Å².